The number of aryl methyl sites for hydroxylation is 2. The van der Waals surface area contributed by atoms with Crippen LogP contribution in [0.2, 0.25) is 10.0 Å². The number of rotatable bonds is 5. The monoisotopic (exact) mass is 396 g/mol. The van der Waals surface area contributed by atoms with Crippen molar-refractivity contribution in [1.82, 2.24) is 5.32 Å². The van der Waals surface area contributed by atoms with E-state index < -0.39 is 11.7 Å². The molecule has 0 bridgehead atoms. The molecule has 0 aromatic heterocycles. The van der Waals surface area contributed by atoms with Crippen LogP contribution in [0.1, 0.15) is 28.4 Å². The molecule has 0 heterocycles. The van der Waals surface area contributed by atoms with Crippen molar-refractivity contribution in [2.24, 2.45) is 0 Å². The highest BCUT2D eigenvalue weighted by atomic mass is 35.5. The summed E-state index contributed by atoms with van der Waals surface area (Å²) in [6.45, 7) is 5.51. The van der Waals surface area contributed by atoms with Gasteiger partial charge in [0.25, 0.3) is 5.91 Å². The molecule has 26 heavy (non-hydrogen) atoms. The Balaban J connectivity index is 2.13. The maximum Gasteiger partial charge on any atom is 0.255 e. The minimum Gasteiger partial charge on any atom is -0.350 e. The molecule has 0 saturated heterocycles. The average Bonchev–Trinajstić information content (AvgIpc) is 2.52. The van der Waals surface area contributed by atoms with Crippen LogP contribution >= 0.6 is 23.2 Å². The minimum absolute atomic E-state index is 0.0309. The molecule has 1 N–H and O–H groups in total. The number of anilines is 1. The molecule has 0 fully saturated rings. The zero-order chi connectivity index (χ0) is 19.4. The number of nitrogens with zero attached hydrogens (tertiary/aromatic N) is 1. The van der Waals surface area contributed by atoms with Gasteiger partial charge in [-0.1, -0.05) is 35.3 Å². The van der Waals surface area contributed by atoms with Crippen LogP contribution in [0.3, 0.4) is 0 Å². The van der Waals surface area contributed by atoms with Crippen molar-refractivity contribution in [2.45, 2.75) is 20.8 Å². The smallest absolute Gasteiger partial charge is 0.255 e. The second-order valence-corrected chi connectivity index (χ2v) is 6.75. The van der Waals surface area contributed by atoms with Gasteiger partial charge in [-0.25, -0.2) is 4.39 Å². The third kappa shape index (κ3) is 4.54. The van der Waals surface area contributed by atoms with Gasteiger partial charge < -0.3 is 10.2 Å². The highest BCUT2D eigenvalue weighted by molar-refractivity contribution is 6.34. The highest BCUT2D eigenvalue weighted by Crippen LogP contribution is 2.31. The number of halogens is 3. The van der Waals surface area contributed by atoms with Gasteiger partial charge in [0.05, 0.1) is 21.3 Å². The molecule has 0 unspecified atom stereocenters. The Morgan fingerprint density at radius 1 is 1.15 bits per heavy atom. The summed E-state index contributed by atoms with van der Waals surface area (Å²) >= 11 is 12.2. The molecule has 4 nitrogen and oxygen atoms in total. The van der Waals surface area contributed by atoms with Gasteiger partial charge in [0.15, 0.2) is 0 Å². The number of carbonyl (C=O) groups excluding carboxylic acids is 2. The molecule has 0 aliphatic rings. The zero-order valence-corrected chi connectivity index (χ0v) is 16.2. The quantitative estimate of drug-likeness (QED) is 0.806. The van der Waals surface area contributed by atoms with E-state index in [1.807, 2.05) is 19.9 Å². The molecule has 2 aromatic carbocycles. The Morgan fingerprint density at radius 3 is 2.42 bits per heavy atom. The second-order valence-electron chi connectivity index (χ2n) is 5.94. The lowest BCUT2D eigenvalue weighted by Gasteiger charge is -2.25. The van der Waals surface area contributed by atoms with E-state index in [4.69, 9.17) is 23.2 Å². The van der Waals surface area contributed by atoms with Crippen molar-refractivity contribution in [2.75, 3.05) is 18.0 Å². The second kappa shape index (κ2) is 8.52. The molecule has 0 spiro atoms. The Morgan fingerprint density at radius 2 is 1.85 bits per heavy atom. The van der Waals surface area contributed by atoms with Gasteiger partial charge in [-0.3, -0.25) is 9.59 Å². The van der Waals surface area contributed by atoms with E-state index in [1.54, 1.807) is 6.07 Å². The molecular weight excluding hydrogens is 378 g/mol. The predicted molar refractivity (Wildman–Crippen MR) is 103 cm³/mol. The lowest BCUT2D eigenvalue weighted by molar-refractivity contribution is -0.116. The summed E-state index contributed by atoms with van der Waals surface area (Å²) in [5, 5.41) is 3.08. The normalized spacial score (nSPS) is 10.5. The molecule has 7 heteroatoms. The van der Waals surface area contributed by atoms with E-state index in [1.165, 1.54) is 24.0 Å². The molecule has 0 aliphatic heterocycles. The lowest BCUT2D eigenvalue weighted by Crippen LogP contribution is -2.38. The molecule has 2 amide bonds. The van der Waals surface area contributed by atoms with Gasteiger partial charge in [-0.2, -0.15) is 0 Å². The van der Waals surface area contributed by atoms with Crippen molar-refractivity contribution in [3.8, 4) is 0 Å². The molecule has 2 rings (SSSR count). The topological polar surface area (TPSA) is 49.4 Å². The van der Waals surface area contributed by atoms with Gasteiger partial charge in [0.1, 0.15) is 5.82 Å². The molecule has 0 saturated carbocycles. The van der Waals surface area contributed by atoms with E-state index in [2.05, 4.69) is 5.32 Å². The maximum absolute atomic E-state index is 13.8. The number of carbonyl (C=O) groups is 2. The van der Waals surface area contributed by atoms with Crippen LogP contribution in [-0.2, 0) is 4.79 Å². The molecule has 0 radical (unpaired) electrons. The van der Waals surface area contributed by atoms with Crippen molar-refractivity contribution >= 4 is 40.7 Å². The number of benzene rings is 2. The van der Waals surface area contributed by atoms with Crippen LogP contribution in [0, 0.1) is 19.7 Å². The zero-order valence-electron chi connectivity index (χ0n) is 14.7. The van der Waals surface area contributed by atoms with Crippen LogP contribution < -0.4 is 10.2 Å². The summed E-state index contributed by atoms with van der Waals surface area (Å²) in [6.07, 6.45) is 0. The Hall–Kier alpha value is -2.11. The number of amides is 2. The van der Waals surface area contributed by atoms with Crippen molar-refractivity contribution in [3.05, 3.63) is 62.9 Å². The largest absolute Gasteiger partial charge is 0.350 e. The van der Waals surface area contributed by atoms with Crippen LogP contribution in [0.25, 0.3) is 0 Å². The molecule has 0 atom stereocenters. The first kappa shape index (κ1) is 20.2. The fraction of sp³-hybridized carbons (Fsp3) is 0.263. The summed E-state index contributed by atoms with van der Waals surface area (Å²) in [7, 11) is 0. The summed E-state index contributed by atoms with van der Waals surface area (Å²) in [6, 6.07) is 7.73. The predicted octanol–water partition coefficient (Wildman–Crippen LogP) is 4.53. The first-order valence-electron chi connectivity index (χ1n) is 7.99. The van der Waals surface area contributed by atoms with Crippen molar-refractivity contribution in [3.63, 3.8) is 0 Å². The maximum atomic E-state index is 13.8. The van der Waals surface area contributed by atoms with Crippen LogP contribution in [0.4, 0.5) is 10.1 Å². The van der Waals surface area contributed by atoms with E-state index in [9.17, 15) is 14.0 Å². The first-order chi connectivity index (χ1) is 12.2. The molecular formula is C19H19Cl2FN2O2. The van der Waals surface area contributed by atoms with Gasteiger partial charge in [0.2, 0.25) is 5.91 Å². The molecule has 138 valence electrons. The number of hydrogen-bond donors (Lipinski definition) is 1. The third-order valence-corrected chi connectivity index (χ3v) is 4.46. The minimum atomic E-state index is -0.698. The first-order valence-corrected chi connectivity index (χ1v) is 8.75. The summed E-state index contributed by atoms with van der Waals surface area (Å²) in [5.74, 6) is -1.55. The summed E-state index contributed by atoms with van der Waals surface area (Å²) < 4.78 is 13.8. The fourth-order valence-electron chi connectivity index (χ4n) is 2.76. The Labute approximate surface area is 161 Å². The standard InChI is InChI=1S/C19H19Cl2FN2O2/c1-11-9-12(2)18(15(21)10-11)24(13(3)25)8-7-23-19(26)17-14(20)5-4-6-16(17)22/h4-6,9-10H,7-8H2,1-3H3,(H,23,26). The average molecular weight is 397 g/mol. The van der Waals surface area contributed by atoms with Crippen molar-refractivity contribution in [1.29, 1.82) is 0 Å². The molecule has 2 aromatic rings. The third-order valence-electron chi connectivity index (χ3n) is 3.86. The van der Waals surface area contributed by atoms with Gasteiger partial charge in [-0.15, -0.1) is 0 Å². The Kier molecular flexibility index (Phi) is 6.62. The van der Waals surface area contributed by atoms with Crippen LogP contribution in [0.5, 0.6) is 0 Å². The molecule has 0 aliphatic carbocycles. The number of hydrogen-bond acceptors (Lipinski definition) is 2. The van der Waals surface area contributed by atoms with E-state index in [0.29, 0.717) is 10.7 Å². The summed E-state index contributed by atoms with van der Waals surface area (Å²) in [4.78, 5) is 25.7. The van der Waals surface area contributed by atoms with E-state index in [0.717, 1.165) is 17.2 Å². The van der Waals surface area contributed by atoms with Crippen LogP contribution in [-0.4, -0.2) is 24.9 Å². The van der Waals surface area contributed by atoms with Gasteiger partial charge in [-0.05, 0) is 43.2 Å². The van der Waals surface area contributed by atoms with E-state index in [-0.39, 0.29) is 29.6 Å². The number of nitrogens with one attached hydrogen (secondary N) is 1. The van der Waals surface area contributed by atoms with Crippen LogP contribution in [0.15, 0.2) is 30.3 Å². The van der Waals surface area contributed by atoms with Gasteiger partial charge in [0, 0.05) is 20.0 Å². The Bertz CT molecular complexity index is 812. The fourth-order valence-corrected chi connectivity index (χ4v) is 3.43. The van der Waals surface area contributed by atoms with Crippen molar-refractivity contribution < 1.29 is 14.0 Å². The van der Waals surface area contributed by atoms with E-state index >= 15 is 0 Å². The highest BCUT2D eigenvalue weighted by Gasteiger charge is 2.19. The van der Waals surface area contributed by atoms with Gasteiger partial charge >= 0.3 is 0 Å². The lowest BCUT2D eigenvalue weighted by atomic mass is 10.1. The summed E-state index contributed by atoms with van der Waals surface area (Å²) in [5.41, 5.74) is 2.23. The SMILES string of the molecule is CC(=O)N(CCNC(=O)c1c(F)cccc1Cl)c1c(C)cc(C)cc1Cl.